The molecule has 0 N–H and O–H groups in total. The number of ether oxygens (including phenoxy) is 1. The van der Waals surface area contributed by atoms with Gasteiger partial charge in [-0.15, -0.1) is 0 Å². The molecule has 0 atom stereocenters. The lowest BCUT2D eigenvalue weighted by molar-refractivity contribution is -0.120. The summed E-state index contributed by atoms with van der Waals surface area (Å²) in [5.41, 5.74) is 1.64. The van der Waals surface area contributed by atoms with Crippen molar-refractivity contribution in [2.24, 2.45) is 0 Å². The predicted octanol–water partition coefficient (Wildman–Crippen LogP) is 3.99. The van der Waals surface area contributed by atoms with Gasteiger partial charge in [-0.3, -0.25) is 4.79 Å². The molecule has 0 aliphatic rings. The third kappa shape index (κ3) is 3.21. The Morgan fingerprint density at radius 1 is 1.27 bits per heavy atom. The molecule has 0 aliphatic carbocycles. The van der Waals surface area contributed by atoms with Crippen molar-refractivity contribution < 1.29 is 9.53 Å². The summed E-state index contributed by atoms with van der Waals surface area (Å²) in [6.07, 6.45) is 0. The first-order chi connectivity index (χ1) is 10.6. The zero-order chi connectivity index (χ0) is 15.5. The summed E-state index contributed by atoms with van der Waals surface area (Å²) in [5.74, 6) is -0.136. The zero-order valence-corrected chi connectivity index (χ0v) is 13.4. The quantitative estimate of drug-likeness (QED) is 0.725. The fourth-order valence-electron chi connectivity index (χ4n) is 1.95. The molecule has 0 fully saturated rings. The Kier molecular flexibility index (Phi) is 4.27. The molecular formula is C16H13ClN2O2S. The summed E-state index contributed by atoms with van der Waals surface area (Å²) >= 11 is 7.31. The maximum absolute atomic E-state index is 12.1. The number of likely N-dealkylation sites (N-methyl/N-ethyl adjacent to an activating group) is 1. The van der Waals surface area contributed by atoms with Crippen molar-refractivity contribution in [3.05, 3.63) is 53.6 Å². The normalized spacial score (nSPS) is 10.6. The number of fused-ring (bicyclic) bond motifs is 1. The van der Waals surface area contributed by atoms with Gasteiger partial charge in [0.1, 0.15) is 0 Å². The lowest BCUT2D eigenvalue weighted by Crippen LogP contribution is -2.31. The van der Waals surface area contributed by atoms with Crippen LogP contribution in [0.1, 0.15) is 0 Å². The van der Waals surface area contributed by atoms with Gasteiger partial charge in [0.05, 0.1) is 10.2 Å². The highest BCUT2D eigenvalue weighted by molar-refractivity contribution is 7.20. The van der Waals surface area contributed by atoms with E-state index in [-0.39, 0.29) is 12.5 Å². The number of aromatic nitrogens is 1. The molecular weight excluding hydrogens is 320 g/mol. The SMILES string of the molecule is CN(C(=O)COc1nc2ccc(Cl)cc2s1)c1ccccc1. The van der Waals surface area contributed by atoms with Gasteiger partial charge in [-0.2, -0.15) is 0 Å². The van der Waals surface area contributed by atoms with Gasteiger partial charge in [0.25, 0.3) is 11.1 Å². The molecule has 2 aromatic carbocycles. The summed E-state index contributed by atoms with van der Waals surface area (Å²) in [7, 11) is 1.72. The van der Waals surface area contributed by atoms with Crippen LogP contribution in [0.3, 0.4) is 0 Å². The van der Waals surface area contributed by atoms with E-state index in [1.54, 1.807) is 18.0 Å². The van der Waals surface area contributed by atoms with Crippen LogP contribution in [0.15, 0.2) is 48.5 Å². The second-order valence-corrected chi connectivity index (χ2v) is 6.10. The largest absolute Gasteiger partial charge is 0.460 e. The average Bonchev–Trinajstić information content (AvgIpc) is 2.94. The van der Waals surface area contributed by atoms with Gasteiger partial charge in [0, 0.05) is 17.8 Å². The number of thiazole rings is 1. The molecule has 0 unspecified atom stereocenters. The highest BCUT2D eigenvalue weighted by Gasteiger charge is 2.13. The Balaban J connectivity index is 1.67. The second kappa shape index (κ2) is 6.34. The van der Waals surface area contributed by atoms with Crippen molar-refractivity contribution in [2.45, 2.75) is 0 Å². The van der Waals surface area contributed by atoms with Gasteiger partial charge in [0.2, 0.25) is 0 Å². The number of carbonyl (C=O) groups is 1. The molecule has 1 aromatic heterocycles. The van der Waals surface area contributed by atoms with Crippen LogP contribution >= 0.6 is 22.9 Å². The Morgan fingerprint density at radius 3 is 2.82 bits per heavy atom. The number of carbonyl (C=O) groups excluding carboxylic acids is 1. The van der Waals surface area contributed by atoms with Crippen LogP contribution < -0.4 is 9.64 Å². The van der Waals surface area contributed by atoms with Crippen molar-refractivity contribution in [3.8, 4) is 5.19 Å². The molecule has 0 saturated carbocycles. The van der Waals surface area contributed by atoms with Crippen LogP contribution in [0.4, 0.5) is 5.69 Å². The molecule has 6 heteroatoms. The van der Waals surface area contributed by atoms with E-state index >= 15 is 0 Å². The minimum atomic E-state index is -0.136. The number of amides is 1. The maximum atomic E-state index is 12.1. The maximum Gasteiger partial charge on any atom is 0.274 e. The summed E-state index contributed by atoms with van der Waals surface area (Å²) in [6, 6.07) is 14.9. The smallest absolute Gasteiger partial charge is 0.274 e. The molecule has 4 nitrogen and oxygen atoms in total. The molecule has 0 saturated heterocycles. The van der Waals surface area contributed by atoms with E-state index in [0.29, 0.717) is 10.2 Å². The van der Waals surface area contributed by atoms with Crippen LogP contribution in [-0.2, 0) is 4.79 Å². The number of benzene rings is 2. The molecule has 0 aliphatic heterocycles. The first-order valence-electron chi connectivity index (χ1n) is 6.64. The van der Waals surface area contributed by atoms with Crippen LogP contribution in [0.25, 0.3) is 10.2 Å². The topological polar surface area (TPSA) is 42.4 Å². The Labute approximate surface area is 136 Å². The molecule has 0 radical (unpaired) electrons. The van der Waals surface area contributed by atoms with Crippen LogP contribution in [0, 0.1) is 0 Å². The third-order valence-corrected chi connectivity index (χ3v) is 4.33. The standard InChI is InChI=1S/C16H13ClN2O2S/c1-19(12-5-3-2-4-6-12)15(20)10-21-16-18-13-8-7-11(17)9-14(13)22-16/h2-9H,10H2,1H3. The minimum absolute atomic E-state index is 0.0566. The van der Waals surface area contributed by atoms with Crippen molar-refractivity contribution >= 4 is 44.7 Å². The van der Waals surface area contributed by atoms with Gasteiger partial charge in [-0.25, -0.2) is 4.98 Å². The number of halogens is 1. The average molecular weight is 333 g/mol. The number of anilines is 1. The van der Waals surface area contributed by atoms with Crippen molar-refractivity contribution in [1.29, 1.82) is 0 Å². The van der Waals surface area contributed by atoms with E-state index in [4.69, 9.17) is 16.3 Å². The van der Waals surface area contributed by atoms with E-state index in [9.17, 15) is 4.79 Å². The van der Waals surface area contributed by atoms with E-state index in [0.717, 1.165) is 15.9 Å². The fraction of sp³-hybridized carbons (Fsp3) is 0.125. The Morgan fingerprint density at radius 2 is 2.05 bits per heavy atom. The van der Waals surface area contributed by atoms with E-state index in [2.05, 4.69) is 4.98 Å². The number of para-hydroxylation sites is 1. The molecule has 0 bridgehead atoms. The van der Waals surface area contributed by atoms with E-state index in [1.807, 2.05) is 42.5 Å². The highest BCUT2D eigenvalue weighted by atomic mass is 35.5. The first-order valence-corrected chi connectivity index (χ1v) is 7.83. The number of nitrogens with zero attached hydrogens (tertiary/aromatic N) is 2. The monoisotopic (exact) mass is 332 g/mol. The summed E-state index contributed by atoms with van der Waals surface area (Å²) in [5, 5.41) is 1.12. The number of hydrogen-bond donors (Lipinski definition) is 0. The predicted molar refractivity (Wildman–Crippen MR) is 90.0 cm³/mol. The fourth-order valence-corrected chi connectivity index (χ4v) is 3.05. The van der Waals surface area contributed by atoms with Crippen LogP contribution in [0.2, 0.25) is 5.02 Å². The van der Waals surface area contributed by atoms with Gasteiger partial charge in [0.15, 0.2) is 6.61 Å². The molecule has 1 heterocycles. The molecule has 112 valence electrons. The van der Waals surface area contributed by atoms with E-state index in [1.165, 1.54) is 11.3 Å². The molecule has 22 heavy (non-hydrogen) atoms. The molecule has 3 aromatic rings. The van der Waals surface area contributed by atoms with Crippen molar-refractivity contribution in [3.63, 3.8) is 0 Å². The molecule has 0 spiro atoms. The zero-order valence-electron chi connectivity index (χ0n) is 11.8. The van der Waals surface area contributed by atoms with Gasteiger partial charge >= 0.3 is 0 Å². The molecule has 1 amide bonds. The lowest BCUT2D eigenvalue weighted by atomic mass is 10.3. The van der Waals surface area contributed by atoms with Gasteiger partial charge in [-0.05, 0) is 30.3 Å². The third-order valence-electron chi connectivity index (χ3n) is 3.17. The molecule has 3 rings (SSSR count). The Bertz CT molecular complexity index is 804. The number of hydrogen-bond acceptors (Lipinski definition) is 4. The second-order valence-electron chi connectivity index (χ2n) is 4.67. The summed E-state index contributed by atoms with van der Waals surface area (Å²) in [6.45, 7) is -0.0566. The van der Waals surface area contributed by atoms with Crippen LogP contribution in [0.5, 0.6) is 5.19 Å². The van der Waals surface area contributed by atoms with Gasteiger partial charge in [-0.1, -0.05) is 41.1 Å². The van der Waals surface area contributed by atoms with Crippen molar-refractivity contribution in [1.82, 2.24) is 4.98 Å². The summed E-state index contributed by atoms with van der Waals surface area (Å²) in [4.78, 5) is 18.0. The summed E-state index contributed by atoms with van der Waals surface area (Å²) < 4.78 is 6.44. The van der Waals surface area contributed by atoms with E-state index < -0.39 is 0 Å². The minimum Gasteiger partial charge on any atom is -0.460 e. The first kappa shape index (κ1) is 14.8. The van der Waals surface area contributed by atoms with Crippen LogP contribution in [-0.4, -0.2) is 24.5 Å². The lowest BCUT2D eigenvalue weighted by Gasteiger charge is -2.16. The van der Waals surface area contributed by atoms with Crippen molar-refractivity contribution in [2.75, 3.05) is 18.6 Å². The highest BCUT2D eigenvalue weighted by Crippen LogP contribution is 2.29. The van der Waals surface area contributed by atoms with Gasteiger partial charge < -0.3 is 9.64 Å². The Hall–Kier alpha value is -2.11. The number of rotatable bonds is 4.